The van der Waals surface area contributed by atoms with Crippen molar-refractivity contribution >= 4 is 22.8 Å². The lowest BCUT2D eigenvalue weighted by Gasteiger charge is -2.24. The molecule has 4 aromatic rings. The third-order valence-electron chi connectivity index (χ3n) is 6.67. The Hall–Kier alpha value is -4.19. The molecule has 0 saturated carbocycles. The molecule has 1 aliphatic heterocycles. The zero-order chi connectivity index (χ0) is 25.1. The molecule has 3 aromatic carbocycles. The van der Waals surface area contributed by atoms with Gasteiger partial charge in [-0.15, -0.1) is 0 Å². The van der Waals surface area contributed by atoms with Crippen LogP contribution in [0.3, 0.4) is 0 Å². The first-order valence-electron chi connectivity index (χ1n) is 12.1. The average molecular weight is 481 g/mol. The third-order valence-corrected chi connectivity index (χ3v) is 6.67. The molecule has 1 aliphatic rings. The lowest BCUT2D eigenvalue weighted by molar-refractivity contribution is -0.140. The minimum atomic E-state index is -0.911. The van der Waals surface area contributed by atoms with Gasteiger partial charge in [-0.05, 0) is 53.4 Å². The maximum Gasteiger partial charge on any atom is 0.305 e. The van der Waals surface area contributed by atoms with E-state index in [0.29, 0.717) is 13.2 Å². The first-order valence-corrected chi connectivity index (χ1v) is 12.1. The van der Waals surface area contributed by atoms with Gasteiger partial charge in [-0.1, -0.05) is 54.6 Å². The van der Waals surface area contributed by atoms with Crippen LogP contribution >= 0.6 is 0 Å². The zero-order valence-electron chi connectivity index (χ0n) is 20.2. The van der Waals surface area contributed by atoms with Crippen molar-refractivity contribution < 1.29 is 19.4 Å². The predicted octanol–water partition coefficient (Wildman–Crippen LogP) is 5.27. The van der Waals surface area contributed by atoms with E-state index in [1.165, 1.54) is 5.56 Å². The molecule has 0 bridgehead atoms. The van der Waals surface area contributed by atoms with Gasteiger partial charge < -0.3 is 14.7 Å². The van der Waals surface area contributed by atoms with E-state index in [-0.39, 0.29) is 18.7 Å². The first kappa shape index (κ1) is 23.5. The number of aliphatic carboxylic acids is 1. The molecule has 1 atom stereocenters. The van der Waals surface area contributed by atoms with Crippen LogP contribution in [0.2, 0.25) is 0 Å². The number of nitrogens with zero attached hydrogens (tertiary/aromatic N) is 2. The summed E-state index contributed by atoms with van der Waals surface area (Å²) in [6.45, 7) is 2.98. The lowest BCUT2D eigenvalue weighted by atomic mass is 10.0. The summed E-state index contributed by atoms with van der Waals surface area (Å²) in [5, 5.41) is 10.5. The number of aryl methyl sites for hydroxylation is 1. The quantitative estimate of drug-likeness (QED) is 0.372. The SMILES string of the molecule is Cc1cc(CCOc2ccc(CC(=O)N3Cc4ccccc4C3CC(=O)O)cc2)c2ccccc2n1. The van der Waals surface area contributed by atoms with Gasteiger partial charge in [0.2, 0.25) is 5.91 Å². The van der Waals surface area contributed by atoms with Crippen molar-refractivity contribution in [3.05, 3.63) is 107 Å². The maximum atomic E-state index is 13.1. The number of amides is 1. The van der Waals surface area contributed by atoms with E-state index in [2.05, 4.69) is 17.1 Å². The molecule has 0 aliphatic carbocycles. The van der Waals surface area contributed by atoms with Crippen molar-refractivity contribution in [3.8, 4) is 5.75 Å². The van der Waals surface area contributed by atoms with Crippen LogP contribution in [-0.2, 0) is 29.0 Å². The number of benzene rings is 3. The summed E-state index contributed by atoms with van der Waals surface area (Å²) in [6.07, 6.45) is 0.888. The van der Waals surface area contributed by atoms with E-state index < -0.39 is 12.0 Å². The van der Waals surface area contributed by atoms with Gasteiger partial charge in [0.15, 0.2) is 0 Å². The van der Waals surface area contributed by atoms with Gasteiger partial charge in [0, 0.05) is 24.0 Å². The fraction of sp³-hybridized carbons (Fsp3) is 0.233. The molecule has 5 rings (SSSR count). The summed E-state index contributed by atoms with van der Waals surface area (Å²) in [7, 11) is 0. The number of carbonyl (C=O) groups is 2. The molecule has 6 heteroatoms. The van der Waals surface area contributed by atoms with E-state index in [4.69, 9.17) is 4.74 Å². The minimum absolute atomic E-state index is 0.0777. The Kier molecular flexibility index (Phi) is 6.67. The Balaban J connectivity index is 1.20. The average Bonchev–Trinajstić information content (AvgIpc) is 3.23. The Labute approximate surface area is 210 Å². The van der Waals surface area contributed by atoms with E-state index in [0.717, 1.165) is 45.5 Å². The molecule has 2 heterocycles. The molecular formula is C30H28N2O4. The van der Waals surface area contributed by atoms with E-state index in [9.17, 15) is 14.7 Å². The van der Waals surface area contributed by atoms with Crippen molar-refractivity contribution in [2.75, 3.05) is 6.61 Å². The molecule has 0 fully saturated rings. The number of carbonyl (C=O) groups excluding carboxylic acids is 1. The summed E-state index contributed by atoms with van der Waals surface area (Å²) in [5.41, 5.74) is 6.00. The molecule has 0 saturated heterocycles. The van der Waals surface area contributed by atoms with Crippen molar-refractivity contribution in [2.45, 2.75) is 38.8 Å². The number of pyridine rings is 1. The largest absolute Gasteiger partial charge is 0.493 e. The van der Waals surface area contributed by atoms with E-state index in [1.54, 1.807) is 4.90 Å². The third kappa shape index (κ3) is 5.08. The van der Waals surface area contributed by atoms with Gasteiger partial charge in [-0.3, -0.25) is 14.6 Å². The Morgan fingerprint density at radius 3 is 2.58 bits per heavy atom. The molecule has 6 nitrogen and oxygen atoms in total. The summed E-state index contributed by atoms with van der Waals surface area (Å²) in [5.74, 6) is -0.240. The smallest absolute Gasteiger partial charge is 0.305 e. The van der Waals surface area contributed by atoms with E-state index >= 15 is 0 Å². The van der Waals surface area contributed by atoms with Crippen molar-refractivity contribution in [1.82, 2.24) is 9.88 Å². The molecule has 1 amide bonds. The monoisotopic (exact) mass is 480 g/mol. The minimum Gasteiger partial charge on any atom is -0.493 e. The maximum absolute atomic E-state index is 13.1. The molecule has 0 spiro atoms. The Bertz CT molecular complexity index is 1410. The number of hydrogen-bond acceptors (Lipinski definition) is 4. The van der Waals surface area contributed by atoms with Gasteiger partial charge in [0.25, 0.3) is 0 Å². The zero-order valence-corrected chi connectivity index (χ0v) is 20.2. The highest BCUT2D eigenvalue weighted by molar-refractivity contribution is 5.82. The second kappa shape index (κ2) is 10.2. The van der Waals surface area contributed by atoms with Crippen LogP contribution in [0.1, 0.15) is 40.4 Å². The van der Waals surface area contributed by atoms with Crippen LogP contribution in [-0.4, -0.2) is 33.5 Å². The van der Waals surface area contributed by atoms with Crippen LogP contribution in [0.5, 0.6) is 5.75 Å². The Morgan fingerprint density at radius 1 is 1.03 bits per heavy atom. The molecular weight excluding hydrogens is 452 g/mol. The predicted molar refractivity (Wildman–Crippen MR) is 138 cm³/mol. The van der Waals surface area contributed by atoms with Crippen molar-refractivity contribution in [1.29, 1.82) is 0 Å². The van der Waals surface area contributed by atoms with Gasteiger partial charge in [0.05, 0.1) is 31.0 Å². The van der Waals surface area contributed by atoms with Gasteiger partial charge in [-0.25, -0.2) is 0 Å². The van der Waals surface area contributed by atoms with Gasteiger partial charge in [-0.2, -0.15) is 0 Å². The number of rotatable bonds is 8. The summed E-state index contributed by atoms with van der Waals surface area (Å²) >= 11 is 0. The molecule has 36 heavy (non-hydrogen) atoms. The van der Waals surface area contributed by atoms with Crippen molar-refractivity contribution in [2.24, 2.45) is 0 Å². The highest BCUT2D eigenvalue weighted by Gasteiger charge is 2.34. The van der Waals surface area contributed by atoms with Crippen LogP contribution in [0.4, 0.5) is 0 Å². The van der Waals surface area contributed by atoms with Gasteiger partial charge in [0.1, 0.15) is 5.75 Å². The van der Waals surface area contributed by atoms with Crippen LogP contribution < -0.4 is 4.74 Å². The molecule has 1 aromatic heterocycles. The fourth-order valence-electron chi connectivity index (χ4n) is 4.97. The number of hydrogen-bond donors (Lipinski definition) is 1. The second-order valence-corrected chi connectivity index (χ2v) is 9.19. The molecule has 1 N–H and O–H groups in total. The van der Waals surface area contributed by atoms with E-state index in [1.807, 2.05) is 73.7 Å². The normalized spacial score (nSPS) is 14.6. The molecule has 0 radical (unpaired) electrons. The summed E-state index contributed by atoms with van der Waals surface area (Å²) < 4.78 is 5.98. The number of carboxylic acids is 1. The number of carboxylic acid groups (broad SMARTS) is 1. The molecule has 182 valence electrons. The topological polar surface area (TPSA) is 79.7 Å². The number of ether oxygens (including phenoxy) is 1. The second-order valence-electron chi connectivity index (χ2n) is 9.19. The highest BCUT2D eigenvalue weighted by Crippen LogP contribution is 2.36. The summed E-state index contributed by atoms with van der Waals surface area (Å²) in [4.78, 5) is 30.8. The number of aromatic nitrogens is 1. The number of fused-ring (bicyclic) bond motifs is 2. The first-order chi connectivity index (χ1) is 17.5. The summed E-state index contributed by atoms with van der Waals surface area (Å²) in [6, 6.07) is 25.0. The molecule has 1 unspecified atom stereocenters. The lowest BCUT2D eigenvalue weighted by Crippen LogP contribution is -2.32. The highest BCUT2D eigenvalue weighted by atomic mass is 16.5. The van der Waals surface area contributed by atoms with Crippen LogP contribution in [0.15, 0.2) is 78.9 Å². The standard InChI is InChI=1S/C30H28N2O4/c1-20-16-22(25-7-4-5-9-27(25)31-20)14-15-36-24-12-10-21(11-13-24)17-29(33)32-19-23-6-2-3-8-26(23)28(32)18-30(34)35/h2-13,16,28H,14-15,17-19H2,1H3,(H,34,35). The fourth-order valence-corrected chi connectivity index (χ4v) is 4.97. The Morgan fingerprint density at radius 2 is 1.78 bits per heavy atom. The van der Waals surface area contributed by atoms with Gasteiger partial charge >= 0.3 is 5.97 Å². The number of para-hydroxylation sites is 1. The van der Waals surface area contributed by atoms with Crippen molar-refractivity contribution in [3.63, 3.8) is 0 Å². The van der Waals surface area contributed by atoms with Crippen LogP contribution in [0.25, 0.3) is 10.9 Å². The van der Waals surface area contributed by atoms with Crippen LogP contribution in [0, 0.1) is 6.92 Å².